The molecule has 0 aromatic rings. The van der Waals surface area contributed by atoms with Gasteiger partial charge in [-0.3, -0.25) is 4.79 Å². The second-order valence-electron chi connectivity index (χ2n) is 6.19. The smallest absolute Gasteiger partial charge is 0.334 e. The zero-order chi connectivity index (χ0) is 15.6. The number of hydrogen-bond donors (Lipinski definition) is 0. The summed E-state index contributed by atoms with van der Waals surface area (Å²) < 4.78 is 10.6. The van der Waals surface area contributed by atoms with E-state index >= 15 is 0 Å². The highest BCUT2D eigenvalue weighted by atomic mass is 16.6. The van der Waals surface area contributed by atoms with Crippen LogP contribution in [0.15, 0.2) is 23.8 Å². The van der Waals surface area contributed by atoms with E-state index in [2.05, 4.69) is 19.6 Å². The van der Waals surface area contributed by atoms with E-state index in [1.165, 1.54) is 12.5 Å². The van der Waals surface area contributed by atoms with Gasteiger partial charge in [0.15, 0.2) is 0 Å². The quantitative estimate of drug-likeness (QED) is 0.454. The molecule has 1 heterocycles. The molecule has 0 aromatic carbocycles. The first-order valence-corrected chi connectivity index (χ1v) is 7.64. The lowest BCUT2D eigenvalue weighted by Gasteiger charge is -2.19. The van der Waals surface area contributed by atoms with Gasteiger partial charge in [0.1, 0.15) is 6.10 Å². The van der Waals surface area contributed by atoms with Gasteiger partial charge in [-0.05, 0) is 38.5 Å². The third-order valence-electron chi connectivity index (χ3n) is 4.48. The highest BCUT2D eigenvalue weighted by Gasteiger charge is 2.40. The van der Waals surface area contributed by atoms with Crippen molar-refractivity contribution in [2.75, 3.05) is 0 Å². The molecule has 1 saturated heterocycles. The molecule has 4 nitrogen and oxygen atoms in total. The number of esters is 2. The van der Waals surface area contributed by atoms with Crippen molar-refractivity contribution in [2.24, 2.45) is 11.8 Å². The van der Waals surface area contributed by atoms with Gasteiger partial charge >= 0.3 is 11.9 Å². The Morgan fingerprint density at radius 2 is 2.29 bits per heavy atom. The third-order valence-corrected chi connectivity index (χ3v) is 4.48. The summed E-state index contributed by atoms with van der Waals surface area (Å²) in [5.74, 6) is 0.0345. The molecule has 21 heavy (non-hydrogen) atoms. The van der Waals surface area contributed by atoms with Crippen molar-refractivity contribution in [2.45, 2.75) is 58.7 Å². The molecule has 1 aliphatic heterocycles. The van der Waals surface area contributed by atoms with Gasteiger partial charge in [0.2, 0.25) is 0 Å². The normalized spacial score (nSPS) is 30.0. The van der Waals surface area contributed by atoms with Crippen molar-refractivity contribution in [1.29, 1.82) is 0 Å². The summed E-state index contributed by atoms with van der Waals surface area (Å²) in [6.45, 7) is 9.38. The van der Waals surface area contributed by atoms with E-state index < -0.39 is 0 Å². The van der Waals surface area contributed by atoms with Crippen LogP contribution in [0.3, 0.4) is 0 Å². The number of carbonyl (C=O) groups excluding carboxylic acids is 2. The average Bonchev–Trinajstić information content (AvgIpc) is 2.56. The maximum absolute atomic E-state index is 11.6. The summed E-state index contributed by atoms with van der Waals surface area (Å²) in [4.78, 5) is 22.5. The number of ether oxygens (including phenoxy) is 2. The summed E-state index contributed by atoms with van der Waals surface area (Å²) in [6.07, 6.45) is 5.54. The molecule has 0 saturated carbocycles. The second kappa shape index (κ2) is 6.46. The zero-order valence-corrected chi connectivity index (χ0v) is 13.1. The van der Waals surface area contributed by atoms with Crippen LogP contribution in [0.5, 0.6) is 0 Å². The highest BCUT2D eigenvalue weighted by molar-refractivity contribution is 5.90. The van der Waals surface area contributed by atoms with Crippen molar-refractivity contribution < 1.29 is 19.1 Å². The van der Waals surface area contributed by atoms with Crippen LogP contribution in [0.2, 0.25) is 0 Å². The predicted octanol–water partition coefficient (Wildman–Crippen LogP) is 3.17. The fraction of sp³-hybridized carbons (Fsp3) is 0.647. The topological polar surface area (TPSA) is 52.6 Å². The molecular weight excluding hydrogens is 268 g/mol. The Morgan fingerprint density at radius 3 is 2.95 bits per heavy atom. The third kappa shape index (κ3) is 3.74. The Morgan fingerprint density at radius 1 is 1.57 bits per heavy atom. The molecule has 116 valence electrons. The number of fused-ring (bicyclic) bond motifs is 1. The Bertz CT molecular complexity index is 477. The molecule has 2 aliphatic rings. The van der Waals surface area contributed by atoms with Crippen molar-refractivity contribution in [1.82, 2.24) is 0 Å². The minimum atomic E-state index is -0.238. The Balaban J connectivity index is 1.95. The predicted molar refractivity (Wildman–Crippen MR) is 79.5 cm³/mol. The van der Waals surface area contributed by atoms with Gasteiger partial charge < -0.3 is 9.47 Å². The van der Waals surface area contributed by atoms with E-state index in [1.54, 1.807) is 0 Å². The minimum absolute atomic E-state index is 0.0281. The molecule has 4 atom stereocenters. The molecule has 1 fully saturated rings. The van der Waals surface area contributed by atoms with Crippen molar-refractivity contribution in [3.05, 3.63) is 23.8 Å². The van der Waals surface area contributed by atoms with E-state index in [9.17, 15) is 9.59 Å². The number of hydrogen-bond acceptors (Lipinski definition) is 4. The Labute approximate surface area is 126 Å². The van der Waals surface area contributed by atoms with Crippen LogP contribution >= 0.6 is 0 Å². The van der Waals surface area contributed by atoms with Gasteiger partial charge in [0.25, 0.3) is 0 Å². The summed E-state index contributed by atoms with van der Waals surface area (Å²) in [6, 6.07) is 0. The van der Waals surface area contributed by atoms with Crippen LogP contribution in [0.4, 0.5) is 0 Å². The van der Waals surface area contributed by atoms with Crippen LogP contribution in [-0.4, -0.2) is 24.1 Å². The first kappa shape index (κ1) is 15.8. The minimum Gasteiger partial charge on any atom is -0.463 e. The molecule has 1 unspecified atom stereocenters. The van der Waals surface area contributed by atoms with Gasteiger partial charge in [0, 0.05) is 18.4 Å². The van der Waals surface area contributed by atoms with Crippen LogP contribution in [-0.2, 0) is 19.1 Å². The van der Waals surface area contributed by atoms with E-state index in [-0.39, 0.29) is 30.1 Å². The number of allylic oxidation sites excluding steroid dienone is 2. The van der Waals surface area contributed by atoms with Gasteiger partial charge in [-0.25, -0.2) is 4.79 Å². The Hall–Kier alpha value is -1.58. The van der Waals surface area contributed by atoms with E-state index in [0.29, 0.717) is 11.5 Å². The summed E-state index contributed by atoms with van der Waals surface area (Å²) >= 11 is 0. The van der Waals surface area contributed by atoms with Crippen LogP contribution in [0.25, 0.3) is 0 Å². The summed E-state index contributed by atoms with van der Waals surface area (Å²) in [5, 5.41) is 0. The number of rotatable bonds is 4. The van der Waals surface area contributed by atoms with Crippen LogP contribution in [0, 0.1) is 11.8 Å². The second-order valence-corrected chi connectivity index (χ2v) is 6.19. The van der Waals surface area contributed by atoms with Crippen LogP contribution in [0.1, 0.15) is 46.5 Å². The summed E-state index contributed by atoms with van der Waals surface area (Å²) in [5.41, 5.74) is 1.98. The molecule has 2 rings (SSSR count). The molecule has 0 spiro atoms. The number of carbonyl (C=O) groups is 2. The van der Waals surface area contributed by atoms with Crippen molar-refractivity contribution in [3.8, 4) is 0 Å². The van der Waals surface area contributed by atoms with Crippen LogP contribution < -0.4 is 0 Å². The van der Waals surface area contributed by atoms with Crippen molar-refractivity contribution in [3.63, 3.8) is 0 Å². The van der Waals surface area contributed by atoms with E-state index in [1.807, 2.05) is 6.92 Å². The molecule has 0 bridgehead atoms. The lowest BCUT2D eigenvalue weighted by Crippen LogP contribution is -2.18. The maximum Gasteiger partial charge on any atom is 0.334 e. The molecule has 0 aromatic heterocycles. The van der Waals surface area contributed by atoms with E-state index in [0.717, 1.165) is 25.7 Å². The SMILES string of the molecule is C=C1C(=O)O[C@@H]2C[C@H](C)C(CCC(C)OC(C)=O)=CC[C@H]12. The fourth-order valence-corrected chi connectivity index (χ4v) is 3.22. The highest BCUT2D eigenvalue weighted by Crippen LogP contribution is 2.39. The lowest BCUT2D eigenvalue weighted by molar-refractivity contribution is -0.145. The van der Waals surface area contributed by atoms with Crippen molar-refractivity contribution >= 4 is 11.9 Å². The maximum atomic E-state index is 11.6. The Kier molecular flexibility index (Phi) is 4.86. The first-order chi connectivity index (χ1) is 9.88. The molecular formula is C17H24O4. The van der Waals surface area contributed by atoms with Gasteiger partial charge in [-0.15, -0.1) is 0 Å². The monoisotopic (exact) mass is 292 g/mol. The lowest BCUT2D eigenvalue weighted by atomic mass is 9.90. The largest absolute Gasteiger partial charge is 0.463 e. The standard InChI is InChI=1S/C17H24O4/c1-10-9-16-15(12(3)17(19)21-16)8-7-14(10)6-5-11(2)20-13(4)18/h7,10-11,15-16H,3,5-6,8-9H2,1-2,4H3/t10-,11?,15+,16+/m0/s1. The average molecular weight is 292 g/mol. The zero-order valence-electron chi connectivity index (χ0n) is 13.1. The van der Waals surface area contributed by atoms with Gasteiger partial charge in [-0.1, -0.05) is 25.2 Å². The molecule has 0 amide bonds. The molecule has 0 N–H and O–H groups in total. The van der Waals surface area contributed by atoms with E-state index in [4.69, 9.17) is 9.47 Å². The molecule has 1 aliphatic carbocycles. The first-order valence-electron chi connectivity index (χ1n) is 7.64. The van der Waals surface area contributed by atoms with Gasteiger partial charge in [0.05, 0.1) is 6.10 Å². The molecule has 0 radical (unpaired) electrons. The molecule has 4 heteroatoms. The summed E-state index contributed by atoms with van der Waals surface area (Å²) in [7, 11) is 0. The van der Waals surface area contributed by atoms with Gasteiger partial charge in [-0.2, -0.15) is 0 Å². The fourth-order valence-electron chi connectivity index (χ4n) is 3.22.